The number of aliphatic imine (C=N–C) groups is 2. The highest BCUT2D eigenvalue weighted by molar-refractivity contribution is 7.26. The number of rotatable bonds is 5. The van der Waals surface area contributed by atoms with Crippen LogP contribution in [-0.2, 0) is 0 Å². The molecule has 0 radical (unpaired) electrons. The van der Waals surface area contributed by atoms with E-state index in [1.807, 2.05) is 22.7 Å². The third-order valence-electron chi connectivity index (χ3n) is 13.2. The number of hydrogen-bond donors (Lipinski definition) is 1. The van der Waals surface area contributed by atoms with Gasteiger partial charge in [-0.1, -0.05) is 152 Å². The lowest BCUT2D eigenvalue weighted by atomic mass is 9.99. The standard InChI is InChI=1S/C59H36N4S2/c1-2-14-35(15-3-1)37-19-12-20-40(32-37)57-60-58(44-24-13-27-51-54(44)42-22-8-10-25-49(42)64-51)62-59(61-57)56-47(30-31-52-55(56)43-23-9-11-26-50(43)65-52)63-46-29-28-36-16-6-7-21-41(36)53(46)45-33-38-17-4-5-18-39(38)34-48(45)63/h1-34,59H,(H,60,61,62). The van der Waals surface area contributed by atoms with Crippen LogP contribution in [0.15, 0.2) is 216 Å². The molecule has 0 bridgehead atoms. The minimum atomic E-state index is -0.605. The van der Waals surface area contributed by atoms with E-state index in [0.717, 1.165) is 56.2 Å². The minimum absolute atomic E-state index is 0.605. The maximum atomic E-state index is 5.80. The lowest BCUT2D eigenvalue weighted by Crippen LogP contribution is -2.36. The highest BCUT2D eigenvalue weighted by Gasteiger charge is 2.29. The van der Waals surface area contributed by atoms with Gasteiger partial charge in [0.1, 0.15) is 11.7 Å². The molecule has 65 heavy (non-hydrogen) atoms. The smallest absolute Gasteiger partial charge is 0.172 e. The van der Waals surface area contributed by atoms with Crippen LogP contribution in [0.4, 0.5) is 0 Å². The molecule has 6 heteroatoms. The summed E-state index contributed by atoms with van der Waals surface area (Å²) in [5.74, 6) is 1.59. The predicted octanol–water partition coefficient (Wildman–Crippen LogP) is 16.0. The molecule has 0 fully saturated rings. The van der Waals surface area contributed by atoms with Gasteiger partial charge < -0.3 is 9.88 Å². The van der Waals surface area contributed by atoms with E-state index in [9.17, 15) is 0 Å². The summed E-state index contributed by atoms with van der Waals surface area (Å²) in [7, 11) is 0. The lowest BCUT2D eigenvalue weighted by molar-refractivity contribution is 0.757. The molecular formula is C59H36N4S2. The molecule has 13 aromatic rings. The summed E-state index contributed by atoms with van der Waals surface area (Å²) in [4.78, 5) is 11.5. The van der Waals surface area contributed by atoms with Crippen LogP contribution >= 0.6 is 22.7 Å². The van der Waals surface area contributed by atoms with Gasteiger partial charge in [-0.15, -0.1) is 22.7 Å². The molecule has 4 heterocycles. The Balaban J connectivity index is 1.11. The van der Waals surface area contributed by atoms with Crippen molar-refractivity contribution >= 4 is 118 Å². The van der Waals surface area contributed by atoms with Crippen molar-refractivity contribution in [3.05, 3.63) is 223 Å². The van der Waals surface area contributed by atoms with Crippen LogP contribution in [0.5, 0.6) is 0 Å². The average molecular weight is 865 g/mol. The fourth-order valence-electron chi connectivity index (χ4n) is 10.3. The van der Waals surface area contributed by atoms with Crippen molar-refractivity contribution in [2.75, 3.05) is 0 Å². The van der Waals surface area contributed by atoms with Crippen LogP contribution in [-0.4, -0.2) is 16.2 Å². The largest absolute Gasteiger partial charge is 0.324 e. The molecule has 1 unspecified atom stereocenters. The zero-order valence-electron chi connectivity index (χ0n) is 34.9. The monoisotopic (exact) mass is 864 g/mol. The first kappa shape index (κ1) is 36.6. The van der Waals surface area contributed by atoms with Gasteiger partial charge in [0.15, 0.2) is 6.17 Å². The number of amidine groups is 2. The van der Waals surface area contributed by atoms with Gasteiger partial charge in [-0.05, 0) is 87.3 Å². The van der Waals surface area contributed by atoms with Crippen LogP contribution in [0.25, 0.3) is 101 Å². The normalized spacial score (nSPS) is 14.3. The molecule has 1 aliphatic rings. The lowest BCUT2D eigenvalue weighted by Gasteiger charge is -2.25. The Morgan fingerprint density at radius 2 is 1.00 bits per heavy atom. The van der Waals surface area contributed by atoms with Crippen LogP contribution in [0.3, 0.4) is 0 Å². The fourth-order valence-corrected chi connectivity index (χ4v) is 12.6. The number of nitrogens with one attached hydrogen (secondary N) is 1. The second-order valence-corrected chi connectivity index (χ2v) is 19.0. The van der Waals surface area contributed by atoms with E-state index in [2.05, 4.69) is 216 Å². The van der Waals surface area contributed by atoms with E-state index in [0.29, 0.717) is 0 Å². The second kappa shape index (κ2) is 14.3. The first-order valence-corrected chi connectivity index (χ1v) is 23.6. The van der Waals surface area contributed by atoms with Crippen LogP contribution < -0.4 is 5.32 Å². The first-order chi connectivity index (χ1) is 32.2. The Morgan fingerprint density at radius 1 is 0.385 bits per heavy atom. The van der Waals surface area contributed by atoms with Gasteiger partial charge in [0, 0.05) is 67.8 Å². The van der Waals surface area contributed by atoms with Crippen molar-refractivity contribution in [2.45, 2.75) is 6.17 Å². The van der Waals surface area contributed by atoms with Gasteiger partial charge >= 0.3 is 0 Å². The van der Waals surface area contributed by atoms with Crippen LogP contribution in [0.1, 0.15) is 22.9 Å². The molecule has 0 spiro atoms. The summed E-state index contributed by atoms with van der Waals surface area (Å²) in [6, 6.07) is 75.0. The molecular weight excluding hydrogens is 829 g/mol. The molecule has 0 amide bonds. The summed E-state index contributed by atoms with van der Waals surface area (Å²) in [5, 5.41) is 16.0. The van der Waals surface area contributed by atoms with Gasteiger partial charge in [-0.2, -0.15) is 0 Å². The summed E-state index contributed by atoms with van der Waals surface area (Å²) in [5.41, 5.74) is 8.83. The maximum Gasteiger partial charge on any atom is 0.172 e. The molecule has 0 saturated carbocycles. The topological polar surface area (TPSA) is 41.7 Å². The summed E-state index contributed by atoms with van der Waals surface area (Å²) in [6.45, 7) is 0. The Hall–Kier alpha value is -7.90. The molecule has 1 N–H and O–H groups in total. The Kier molecular flexibility index (Phi) is 8.05. The zero-order chi connectivity index (χ0) is 42.6. The summed E-state index contributed by atoms with van der Waals surface area (Å²) in [6.07, 6.45) is -0.605. The van der Waals surface area contributed by atoms with Gasteiger partial charge in [0.25, 0.3) is 0 Å². The van der Waals surface area contributed by atoms with Gasteiger partial charge in [0.05, 0.1) is 16.7 Å². The van der Waals surface area contributed by atoms with Crippen molar-refractivity contribution < 1.29 is 0 Å². The van der Waals surface area contributed by atoms with Crippen molar-refractivity contribution in [1.82, 2.24) is 9.88 Å². The molecule has 0 aliphatic carbocycles. The highest BCUT2D eigenvalue weighted by Crippen LogP contribution is 2.47. The molecule has 1 atom stereocenters. The highest BCUT2D eigenvalue weighted by atomic mass is 32.1. The molecule has 4 nitrogen and oxygen atoms in total. The van der Waals surface area contributed by atoms with E-state index in [1.54, 1.807) is 0 Å². The molecule has 3 aromatic heterocycles. The number of fused-ring (bicyclic) bond motifs is 12. The number of thiophene rings is 2. The Bertz CT molecular complexity index is 4170. The predicted molar refractivity (Wildman–Crippen MR) is 279 cm³/mol. The average Bonchev–Trinajstić information content (AvgIpc) is 4.05. The molecule has 10 aromatic carbocycles. The van der Waals surface area contributed by atoms with E-state index in [-0.39, 0.29) is 0 Å². The van der Waals surface area contributed by atoms with Gasteiger partial charge in [0.2, 0.25) is 0 Å². The first-order valence-electron chi connectivity index (χ1n) is 22.0. The fraction of sp³-hybridized carbons (Fsp3) is 0.0169. The molecule has 14 rings (SSSR count). The number of hydrogen-bond acceptors (Lipinski definition) is 5. The summed E-state index contributed by atoms with van der Waals surface area (Å²) < 4.78 is 7.45. The van der Waals surface area contributed by atoms with Gasteiger partial charge in [-0.3, -0.25) is 0 Å². The molecule has 1 aliphatic heterocycles. The second-order valence-electron chi connectivity index (χ2n) is 16.9. The Labute approximate surface area is 381 Å². The van der Waals surface area contributed by atoms with Crippen LogP contribution in [0.2, 0.25) is 0 Å². The Morgan fingerprint density at radius 3 is 1.82 bits per heavy atom. The van der Waals surface area contributed by atoms with Crippen molar-refractivity contribution in [1.29, 1.82) is 0 Å². The van der Waals surface area contributed by atoms with E-state index < -0.39 is 6.17 Å². The third kappa shape index (κ3) is 5.67. The number of nitrogens with zero attached hydrogens (tertiary/aromatic N) is 3. The number of benzene rings is 10. The van der Waals surface area contributed by atoms with Crippen molar-refractivity contribution in [3.8, 4) is 16.8 Å². The third-order valence-corrected chi connectivity index (χ3v) is 15.5. The van der Waals surface area contributed by atoms with Gasteiger partial charge in [-0.25, -0.2) is 9.98 Å². The van der Waals surface area contributed by atoms with Crippen LogP contribution in [0, 0.1) is 0 Å². The summed E-state index contributed by atoms with van der Waals surface area (Å²) >= 11 is 3.66. The van der Waals surface area contributed by atoms with Crippen molar-refractivity contribution in [3.63, 3.8) is 0 Å². The van der Waals surface area contributed by atoms with E-state index >= 15 is 0 Å². The van der Waals surface area contributed by atoms with Crippen molar-refractivity contribution in [2.24, 2.45) is 9.98 Å². The van der Waals surface area contributed by atoms with E-state index in [1.165, 1.54) is 72.7 Å². The quantitative estimate of drug-likeness (QED) is 0.184. The molecule has 304 valence electrons. The minimum Gasteiger partial charge on any atom is -0.324 e. The van der Waals surface area contributed by atoms with E-state index in [4.69, 9.17) is 9.98 Å². The number of aromatic nitrogens is 1. The maximum absolute atomic E-state index is 5.80. The SMILES string of the molecule is c1ccc(-c2cccc(C3=NC(c4c(-n5c6cc7ccccc7cc6c6c7ccccc7ccc65)ccc5sc6ccccc6c45)N=C(c4cccc5sc6ccccc6c45)N3)c2)cc1. The molecule has 0 saturated heterocycles. The zero-order valence-corrected chi connectivity index (χ0v) is 36.5.